The van der Waals surface area contributed by atoms with E-state index in [1.165, 1.54) is 4.90 Å². The predicted molar refractivity (Wildman–Crippen MR) is 200 cm³/mol. The normalized spacial score (nSPS) is 15.5. The summed E-state index contributed by atoms with van der Waals surface area (Å²) in [6, 6.07) is 45.0. The number of aliphatic hydroxyl groups is 2. The molecular weight excluding hydrogens is 670 g/mol. The van der Waals surface area contributed by atoms with Crippen LogP contribution in [0.3, 0.4) is 0 Å². The summed E-state index contributed by atoms with van der Waals surface area (Å²) >= 11 is 0. The molecule has 2 N–H and O–H groups in total. The first-order valence-corrected chi connectivity index (χ1v) is 17.9. The van der Waals surface area contributed by atoms with Crippen molar-refractivity contribution in [3.05, 3.63) is 179 Å². The quantitative estimate of drug-likeness (QED) is 0.0895. The Labute approximate surface area is 310 Å². The van der Waals surface area contributed by atoms with Gasteiger partial charge in [-0.15, -0.1) is 0 Å². The number of carbonyl (C=O) groups is 2. The van der Waals surface area contributed by atoms with Crippen LogP contribution in [0.4, 0.5) is 0 Å². The Morgan fingerprint density at radius 2 is 0.830 bits per heavy atom. The summed E-state index contributed by atoms with van der Waals surface area (Å²) in [5, 5.41) is 23.3. The molecule has 274 valence electrons. The van der Waals surface area contributed by atoms with Gasteiger partial charge < -0.3 is 29.2 Å². The van der Waals surface area contributed by atoms with Crippen LogP contribution in [0.5, 0.6) is 0 Å². The van der Waals surface area contributed by atoms with Gasteiger partial charge in [0.05, 0.1) is 50.3 Å². The van der Waals surface area contributed by atoms with Gasteiger partial charge in [0.25, 0.3) is 11.8 Å². The molecule has 2 amide bonds. The summed E-state index contributed by atoms with van der Waals surface area (Å²) in [6.45, 7) is 0.187. The second-order valence-electron chi connectivity index (χ2n) is 13.0. The van der Waals surface area contributed by atoms with Crippen molar-refractivity contribution < 1.29 is 38.7 Å². The Hall–Kier alpha value is -5.00. The number of carbonyl (C=O) groups excluding carboxylic acids is 2. The van der Waals surface area contributed by atoms with E-state index in [2.05, 4.69) is 0 Å². The molecule has 1 aliphatic rings. The van der Waals surface area contributed by atoms with Gasteiger partial charge in [0.15, 0.2) is 0 Å². The van der Waals surface area contributed by atoms with Crippen molar-refractivity contribution in [1.29, 1.82) is 0 Å². The van der Waals surface area contributed by atoms with Crippen molar-refractivity contribution in [3.63, 3.8) is 0 Å². The molecule has 0 unspecified atom stereocenters. The molecular formula is C44H45NO8. The maximum absolute atomic E-state index is 13.3. The summed E-state index contributed by atoms with van der Waals surface area (Å²) in [7, 11) is 0. The molecule has 0 saturated heterocycles. The lowest BCUT2D eigenvalue weighted by Gasteiger charge is -2.38. The molecule has 0 spiro atoms. The van der Waals surface area contributed by atoms with Crippen molar-refractivity contribution in [2.75, 3.05) is 13.2 Å². The van der Waals surface area contributed by atoms with Crippen LogP contribution in [0.2, 0.25) is 0 Å². The molecule has 9 nitrogen and oxygen atoms in total. The minimum atomic E-state index is -1.35. The smallest absolute Gasteiger partial charge is 0.261 e. The first kappa shape index (κ1) is 37.7. The fraction of sp³-hybridized carbons (Fsp3) is 0.273. The SMILES string of the molecule is O=C1c2ccccc2C(=O)N1CC[C@H](OCc1ccccc1)[C@@H](O)[C@H](OCc1ccccc1)[C@@H](OCc1ccccc1)[C@@H](CO)OCc1ccccc1. The number of benzene rings is 5. The highest BCUT2D eigenvalue weighted by Gasteiger charge is 2.42. The summed E-state index contributed by atoms with van der Waals surface area (Å²) in [6.07, 6.45) is -5.17. The molecule has 9 heteroatoms. The fourth-order valence-electron chi connectivity index (χ4n) is 6.40. The number of fused-ring (bicyclic) bond motifs is 1. The summed E-state index contributed by atoms with van der Waals surface area (Å²) in [4.78, 5) is 27.8. The number of hydrogen-bond acceptors (Lipinski definition) is 8. The maximum atomic E-state index is 13.3. The van der Waals surface area contributed by atoms with Crippen molar-refractivity contribution >= 4 is 11.8 Å². The molecule has 5 atom stereocenters. The number of aliphatic hydroxyl groups excluding tert-OH is 2. The van der Waals surface area contributed by atoms with Gasteiger partial charge in [-0.2, -0.15) is 0 Å². The largest absolute Gasteiger partial charge is 0.394 e. The molecule has 0 fully saturated rings. The predicted octanol–water partition coefficient (Wildman–Crippen LogP) is 6.37. The van der Waals surface area contributed by atoms with Gasteiger partial charge in [0.1, 0.15) is 24.4 Å². The van der Waals surface area contributed by atoms with E-state index in [0.717, 1.165) is 22.3 Å². The minimum absolute atomic E-state index is 0.00224. The number of hydrogen-bond donors (Lipinski definition) is 2. The number of amides is 2. The van der Waals surface area contributed by atoms with Crippen molar-refractivity contribution in [2.24, 2.45) is 0 Å². The van der Waals surface area contributed by atoms with Crippen molar-refractivity contribution in [3.8, 4) is 0 Å². The minimum Gasteiger partial charge on any atom is -0.394 e. The second-order valence-corrected chi connectivity index (χ2v) is 13.0. The monoisotopic (exact) mass is 715 g/mol. The Kier molecular flexibility index (Phi) is 13.7. The van der Waals surface area contributed by atoms with Crippen molar-refractivity contribution in [1.82, 2.24) is 4.90 Å². The molecule has 6 rings (SSSR count). The average Bonchev–Trinajstić information content (AvgIpc) is 3.46. The molecule has 1 heterocycles. The van der Waals surface area contributed by atoms with Gasteiger partial charge in [-0.05, 0) is 40.8 Å². The molecule has 5 aromatic carbocycles. The van der Waals surface area contributed by atoms with Crippen LogP contribution in [0.25, 0.3) is 0 Å². The van der Waals surface area contributed by atoms with E-state index in [9.17, 15) is 19.8 Å². The van der Waals surface area contributed by atoms with Gasteiger partial charge in [-0.1, -0.05) is 133 Å². The van der Waals surface area contributed by atoms with Gasteiger partial charge in [-0.3, -0.25) is 14.5 Å². The third-order valence-corrected chi connectivity index (χ3v) is 9.29. The van der Waals surface area contributed by atoms with Crippen LogP contribution >= 0.6 is 0 Å². The second kappa shape index (κ2) is 19.2. The lowest BCUT2D eigenvalue weighted by Crippen LogP contribution is -2.54. The van der Waals surface area contributed by atoms with Crippen molar-refractivity contribution in [2.45, 2.75) is 63.4 Å². The first-order valence-electron chi connectivity index (χ1n) is 17.9. The average molecular weight is 716 g/mol. The van der Waals surface area contributed by atoms with Crippen LogP contribution < -0.4 is 0 Å². The van der Waals surface area contributed by atoms with E-state index in [1.807, 2.05) is 121 Å². The van der Waals surface area contributed by atoms with E-state index < -0.39 is 48.9 Å². The molecule has 0 aromatic heterocycles. The Morgan fingerprint density at radius 1 is 0.472 bits per heavy atom. The first-order chi connectivity index (χ1) is 26.0. The van der Waals surface area contributed by atoms with E-state index in [0.29, 0.717) is 11.1 Å². The van der Waals surface area contributed by atoms with Crippen LogP contribution in [-0.2, 0) is 45.4 Å². The maximum Gasteiger partial charge on any atom is 0.261 e. The van der Waals surface area contributed by atoms with Gasteiger partial charge in [0.2, 0.25) is 0 Å². The molecule has 5 aromatic rings. The van der Waals surface area contributed by atoms with E-state index in [4.69, 9.17) is 18.9 Å². The zero-order valence-electron chi connectivity index (χ0n) is 29.5. The fourth-order valence-corrected chi connectivity index (χ4v) is 6.40. The van der Waals surface area contributed by atoms with Crippen LogP contribution in [0.1, 0.15) is 49.4 Å². The van der Waals surface area contributed by atoms with Crippen LogP contribution in [0.15, 0.2) is 146 Å². The van der Waals surface area contributed by atoms with Crippen LogP contribution in [0, 0.1) is 0 Å². The van der Waals surface area contributed by atoms with E-state index >= 15 is 0 Å². The highest BCUT2D eigenvalue weighted by atomic mass is 16.6. The highest BCUT2D eigenvalue weighted by Crippen LogP contribution is 2.27. The molecule has 53 heavy (non-hydrogen) atoms. The Balaban J connectivity index is 1.31. The third kappa shape index (κ3) is 10.1. The topological polar surface area (TPSA) is 115 Å². The van der Waals surface area contributed by atoms with Crippen LogP contribution in [-0.4, -0.2) is 70.6 Å². The van der Waals surface area contributed by atoms with E-state index in [-0.39, 0.29) is 39.4 Å². The molecule has 0 aliphatic carbocycles. The van der Waals surface area contributed by atoms with Gasteiger partial charge >= 0.3 is 0 Å². The number of rotatable bonds is 20. The number of imide groups is 1. The van der Waals surface area contributed by atoms with Gasteiger partial charge in [0, 0.05) is 6.54 Å². The third-order valence-electron chi connectivity index (χ3n) is 9.29. The zero-order valence-corrected chi connectivity index (χ0v) is 29.5. The summed E-state index contributed by atoms with van der Waals surface area (Å²) in [5.41, 5.74) is 4.23. The number of ether oxygens (including phenoxy) is 4. The number of nitrogens with zero attached hydrogens (tertiary/aromatic N) is 1. The van der Waals surface area contributed by atoms with E-state index in [1.54, 1.807) is 24.3 Å². The standard InChI is InChI=1S/C44H45NO8/c46-27-39(51-29-33-17-7-2-8-18-33)41(52-30-34-19-9-3-10-20-34)42(53-31-35-21-11-4-12-22-35)40(47)38(50-28-32-15-5-1-6-16-32)25-26-45-43(48)36-23-13-14-24-37(36)44(45)49/h1-24,38-42,46-47H,25-31H2/t38-,39+,40+,41-,42-/m0/s1. The molecule has 1 aliphatic heterocycles. The highest BCUT2D eigenvalue weighted by molar-refractivity contribution is 6.21. The zero-order chi connectivity index (χ0) is 36.8. The molecule has 0 radical (unpaired) electrons. The molecule has 0 saturated carbocycles. The summed E-state index contributed by atoms with van der Waals surface area (Å²) in [5.74, 6) is -0.782. The Morgan fingerprint density at radius 3 is 1.25 bits per heavy atom. The molecule has 0 bridgehead atoms. The lowest BCUT2D eigenvalue weighted by atomic mass is 9.96. The van der Waals surface area contributed by atoms with Gasteiger partial charge in [-0.25, -0.2) is 0 Å². The summed E-state index contributed by atoms with van der Waals surface area (Å²) < 4.78 is 25.9. The Bertz CT molecular complexity index is 1820. The lowest BCUT2D eigenvalue weighted by molar-refractivity contribution is -0.206.